The molecular formula is C13H8ClFN2O3. The van der Waals surface area contributed by atoms with Gasteiger partial charge in [-0.15, -0.1) is 0 Å². The Hall–Kier alpha value is -2.47. The molecule has 1 heterocycles. The van der Waals surface area contributed by atoms with E-state index in [2.05, 4.69) is 10.3 Å². The number of hydrogen-bond acceptors (Lipinski definition) is 3. The van der Waals surface area contributed by atoms with Crippen LogP contribution in [0, 0.1) is 5.82 Å². The third kappa shape index (κ3) is 3.10. The summed E-state index contributed by atoms with van der Waals surface area (Å²) < 4.78 is 13.4. The Kier molecular flexibility index (Phi) is 3.95. The van der Waals surface area contributed by atoms with E-state index < -0.39 is 17.7 Å². The number of carboxylic acid groups (broad SMARTS) is 1. The first kappa shape index (κ1) is 14.0. The molecule has 102 valence electrons. The maximum atomic E-state index is 13.4. The lowest BCUT2D eigenvalue weighted by atomic mass is 10.2. The van der Waals surface area contributed by atoms with Crippen LogP contribution in [0.2, 0.25) is 5.02 Å². The Labute approximate surface area is 118 Å². The molecule has 2 aromatic rings. The van der Waals surface area contributed by atoms with Gasteiger partial charge in [-0.05, 0) is 24.3 Å². The predicted molar refractivity (Wildman–Crippen MR) is 70.6 cm³/mol. The van der Waals surface area contributed by atoms with Gasteiger partial charge in [0.25, 0.3) is 5.91 Å². The number of aromatic nitrogens is 1. The fraction of sp³-hybridized carbons (Fsp3) is 0. The number of pyridine rings is 1. The third-order valence-corrected chi connectivity index (χ3v) is 2.64. The molecule has 1 aromatic heterocycles. The number of carboxylic acids is 1. The first-order chi connectivity index (χ1) is 9.47. The van der Waals surface area contributed by atoms with Gasteiger partial charge in [-0.25, -0.2) is 9.18 Å². The zero-order chi connectivity index (χ0) is 14.7. The summed E-state index contributed by atoms with van der Waals surface area (Å²) in [7, 11) is 0. The lowest BCUT2D eigenvalue weighted by molar-refractivity contribution is 0.0696. The van der Waals surface area contributed by atoms with E-state index >= 15 is 0 Å². The highest BCUT2D eigenvalue weighted by Gasteiger charge is 2.13. The van der Waals surface area contributed by atoms with Gasteiger partial charge in [-0.3, -0.25) is 9.78 Å². The summed E-state index contributed by atoms with van der Waals surface area (Å²) in [6.07, 6.45) is 2.19. The summed E-state index contributed by atoms with van der Waals surface area (Å²) in [5.74, 6) is -2.67. The molecule has 0 unspecified atom stereocenters. The van der Waals surface area contributed by atoms with Gasteiger partial charge >= 0.3 is 5.97 Å². The number of benzene rings is 1. The lowest BCUT2D eigenvalue weighted by Gasteiger charge is -2.07. The second-order valence-corrected chi connectivity index (χ2v) is 4.28. The van der Waals surface area contributed by atoms with Gasteiger partial charge in [0.15, 0.2) is 5.82 Å². The molecule has 2 N–H and O–H groups in total. The molecule has 7 heteroatoms. The minimum absolute atomic E-state index is 0.0806. The van der Waals surface area contributed by atoms with Crippen molar-refractivity contribution >= 4 is 29.2 Å². The molecule has 5 nitrogen and oxygen atoms in total. The van der Waals surface area contributed by atoms with Crippen LogP contribution in [0.5, 0.6) is 0 Å². The van der Waals surface area contributed by atoms with E-state index in [1.54, 1.807) is 0 Å². The van der Waals surface area contributed by atoms with Crippen LogP contribution in [-0.2, 0) is 0 Å². The van der Waals surface area contributed by atoms with E-state index in [4.69, 9.17) is 16.7 Å². The number of anilines is 1. The summed E-state index contributed by atoms with van der Waals surface area (Å²) >= 11 is 5.76. The second kappa shape index (κ2) is 5.66. The van der Waals surface area contributed by atoms with Crippen molar-refractivity contribution < 1.29 is 19.1 Å². The SMILES string of the molecule is O=C(O)c1cc(Cl)cc(NC(=O)c2ccncc2F)c1. The van der Waals surface area contributed by atoms with Crippen LogP contribution in [0.1, 0.15) is 20.7 Å². The zero-order valence-corrected chi connectivity index (χ0v) is 10.7. The van der Waals surface area contributed by atoms with Gasteiger partial charge in [-0.2, -0.15) is 0 Å². The van der Waals surface area contributed by atoms with Crippen LogP contribution >= 0.6 is 11.6 Å². The quantitative estimate of drug-likeness (QED) is 0.912. The van der Waals surface area contributed by atoms with Crippen molar-refractivity contribution in [3.8, 4) is 0 Å². The van der Waals surface area contributed by atoms with Crippen molar-refractivity contribution in [2.24, 2.45) is 0 Å². The van der Waals surface area contributed by atoms with Crippen LogP contribution in [0.15, 0.2) is 36.7 Å². The predicted octanol–water partition coefficient (Wildman–Crippen LogP) is 2.82. The van der Waals surface area contributed by atoms with Crippen molar-refractivity contribution in [3.63, 3.8) is 0 Å². The molecule has 0 spiro atoms. The van der Waals surface area contributed by atoms with Gasteiger partial charge in [0.05, 0.1) is 17.3 Å². The summed E-state index contributed by atoms with van der Waals surface area (Å²) in [4.78, 5) is 26.3. The van der Waals surface area contributed by atoms with Gasteiger partial charge in [0.2, 0.25) is 0 Å². The molecule has 0 radical (unpaired) electrons. The van der Waals surface area contributed by atoms with Gasteiger partial charge in [0, 0.05) is 16.9 Å². The number of aromatic carboxylic acids is 1. The molecular weight excluding hydrogens is 287 g/mol. The Bertz CT molecular complexity index is 691. The molecule has 0 saturated carbocycles. The number of carbonyl (C=O) groups excluding carboxylic acids is 1. The van der Waals surface area contributed by atoms with E-state index in [9.17, 15) is 14.0 Å². The molecule has 0 aliphatic rings. The minimum Gasteiger partial charge on any atom is -0.478 e. The Morgan fingerprint density at radius 2 is 2.05 bits per heavy atom. The van der Waals surface area contributed by atoms with Crippen LogP contribution in [0.3, 0.4) is 0 Å². The second-order valence-electron chi connectivity index (χ2n) is 3.84. The number of nitrogens with zero attached hydrogens (tertiary/aromatic N) is 1. The minimum atomic E-state index is -1.18. The summed E-state index contributed by atoms with van der Waals surface area (Å²) in [6, 6.07) is 5.05. The number of nitrogens with one attached hydrogen (secondary N) is 1. The van der Waals surface area contributed by atoms with E-state index in [1.165, 1.54) is 30.5 Å². The average Bonchev–Trinajstić information content (AvgIpc) is 2.38. The average molecular weight is 295 g/mol. The van der Waals surface area contributed by atoms with Crippen molar-refractivity contribution in [3.05, 3.63) is 58.6 Å². The van der Waals surface area contributed by atoms with Crippen molar-refractivity contribution in [1.82, 2.24) is 4.98 Å². The number of halogens is 2. The van der Waals surface area contributed by atoms with Crippen LogP contribution in [-0.4, -0.2) is 22.0 Å². The van der Waals surface area contributed by atoms with Crippen molar-refractivity contribution in [1.29, 1.82) is 0 Å². The fourth-order valence-electron chi connectivity index (χ4n) is 1.54. The van der Waals surface area contributed by atoms with Gasteiger partial charge in [0.1, 0.15) is 0 Å². The van der Waals surface area contributed by atoms with E-state index in [0.29, 0.717) is 0 Å². The summed E-state index contributed by atoms with van der Waals surface area (Å²) in [5, 5.41) is 11.4. The van der Waals surface area contributed by atoms with Gasteiger partial charge < -0.3 is 10.4 Å². The molecule has 1 amide bonds. The van der Waals surface area contributed by atoms with E-state index in [-0.39, 0.29) is 21.8 Å². The molecule has 0 fully saturated rings. The molecule has 0 aliphatic carbocycles. The highest BCUT2D eigenvalue weighted by atomic mass is 35.5. The molecule has 0 bridgehead atoms. The van der Waals surface area contributed by atoms with Crippen LogP contribution < -0.4 is 5.32 Å². The van der Waals surface area contributed by atoms with Crippen LogP contribution in [0.25, 0.3) is 0 Å². The summed E-state index contributed by atoms with van der Waals surface area (Å²) in [6.45, 7) is 0. The number of carbonyl (C=O) groups is 2. The Morgan fingerprint density at radius 3 is 2.70 bits per heavy atom. The standard InChI is InChI=1S/C13H8ClFN2O3/c14-8-3-7(13(19)20)4-9(5-8)17-12(18)10-1-2-16-6-11(10)15/h1-6H,(H,17,18)(H,19,20). The molecule has 0 aliphatic heterocycles. The topological polar surface area (TPSA) is 79.3 Å². The molecule has 2 rings (SSSR count). The monoisotopic (exact) mass is 294 g/mol. The molecule has 1 aromatic carbocycles. The van der Waals surface area contributed by atoms with E-state index in [1.807, 2.05) is 0 Å². The molecule has 0 atom stereocenters. The first-order valence-corrected chi connectivity index (χ1v) is 5.80. The first-order valence-electron chi connectivity index (χ1n) is 5.42. The number of amides is 1. The molecule has 0 saturated heterocycles. The third-order valence-electron chi connectivity index (χ3n) is 2.42. The largest absolute Gasteiger partial charge is 0.478 e. The van der Waals surface area contributed by atoms with Crippen molar-refractivity contribution in [2.45, 2.75) is 0 Å². The smallest absolute Gasteiger partial charge is 0.335 e. The Balaban J connectivity index is 2.28. The summed E-state index contributed by atoms with van der Waals surface area (Å²) in [5.41, 5.74) is -0.115. The van der Waals surface area contributed by atoms with E-state index in [0.717, 1.165) is 6.20 Å². The highest BCUT2D eigenvalue weighted by molar-refractivity contribution is 6.31. The normalized spacial score (nSPS) is 10.1. The highest BCUT2D eigenvalue weighted by Crippen LogP contribution is 2.20. The van der Waals surface area contributed by atoms with Crippen molar-refractivity contribution in [2.75, 3.05) is 5.32 Å². The van der Waals surface area contributed by atoms with Gasteiger partial charge in [-0.1, -0.05) is 11.6 Å². The maximum Gasteiger partial charge on any atom is 0.335 e. The maximum absolute atomic E-state index is 13.4. The molecule has 20 heavy (non-hydrogen) atoms. The number of rotatable bonds is 3. The lowest BCUT2D eigenvalue weighted by Crippen LogP contribution is -2.14. The number of hydrogen-bond donors (Lipinski definition) is 2. The fourth-order valence-corrected chi connectivity index (χ4v) is 1.78. The van der Waals surface area contributed by atoms with Crippen LogP contribution in [0.4, 0.5) is 10.1 Å². The zero-order valence-electron chi connectivity index (χ0n) is 9.93. The Morgan fingerprint density at radius 1 is 1.30 bits per heavy atom.